The van der Waals surface area contributed by atoms with Gasteiger partial charge in [0.25, 0.3) is 0 Å². The highest BCUT2D eigenvalue weighted by Gasteiger charge is 2.33. The van der Waals surface area contributed by atoms with Gasteiger partial charge < -0.3 is 9.84 Å². The molecular formula is C21H24ClN5O4S. The van der Waals surface area contributed by atoms with Crippen LogP contribution in [0.15, 0.2) is 59.9 Å². The molecule has 170 valence electrons. The van der Waals surface area contributed by atoms with Crippen LogP contribution >= 0.6 is 11.6 Å². The fourth-order valence-electron chi connectivity index (χ4n) is 3.69. The quantitative estimate of drug-likeness (QED) is 0.510. The molecule has 3 atom stereocenters. The van der Waals surface area contributed by atoms with Gasteiger partial charge in [0.15, 0.2) is 0 Å². The Morgan fingerprint density at radius 1 is 1.22 bits per heavy atom. The number of benzene rings is 1. The van der Waals surface area contributed by atoms with Crippen LogP contribution in [0.3, 0.4) is 0 Å². The zero-order chi connectivity index (χ0) is 22.6. The number of aromatic nitrogens is 4. The van der Waals surface area contributed by atoms with Crippen LogP contribution in [0.4, 0.5) is 0 Å². The van der Waals surface area contributed by atoms with Gasteiger partial charge in [-0.05, 0) is 55.7 Å². The Morgan fingerprint density at radius 3 is 2.75 bits per heavy atom. The predicted octanol–water partition coefficient (Wildman–Crippen LogP) is 2.27. The number of aliphatic hydroxyl groups excluding tert-OH is 1. The van der Waals surface area contributed by atoms with Crippen LogP contribution in [0, 0.1) is 0 Å². The third-order valence-corrected chi connectivity index (χ3v) is 7.16. The number of halogens is 1. The number of ether oxygens (including phenoxy) is 1. The van der Waals surface area contributed by atoms with Crippen molar-refractivity contribution in [1.29, 1.82) is 0 Å². The smallest absolute Gasteiger partial charge is 0.240 e. The highest BCUT2D eigenvalue weighted by Crippen LogP contribution is 2.24. The second-order valence-corrected chi connectivity index (χ2v) is 9.79. The number of nitrogens with one attached hydrogen (secondary N) is 1. The van der Waals surface area contributed by atoms with Gasteiger partial charge in [0.05, 0.1) is 35.9 Å². The Labute approximate surface area is 191 Å². The van der Waals surface area contributed by atoms with E-state index in [4.69, 9.17) is 16.3 Å². The number of aryl methyl sites for hydroxylation is 1. The largest absolute Gasteiger partial charge is 0.394 e. The Kier molecular flexibility index (Phi) is 7.17. The highest BCUT2D eigenvalue weighted by atomic mass is 35.5. The second kappa shape index (κ2) is 10.1. The fraction of sp³-hybridized carbons (Fsp3) is 0.381. The predicted molar refractivity (Wildman–Crippen MR) is 118 cm³/mol. The van der Waals surface area contributed by atoms with Gasteiger partial charge in [-0.1, -0.05) is 16.8 Å². The molecular weight excluding hydrogens is 454 g/mol. The zero-order valence-corrected chi connectivity index (χ0v) is 18.8. The van der Waals surface area contributed by atoms with Crippen molar-refractivity contribution >= 4 is 21.6 Å². The Bertz CT molecular complexity index is 1120. The molecule has 1 fully saturated rings. The van der Waals surface area contributed by atoms with E-state index in [1.807, 2.05) is 18.3 Å². The summed E-state index contributed by atoms with van der Waals surface area (Å²) in [5.41, 5.74) is 1.64. The van der Waals surface area contributed by atoms with Gasteiger partial charge in [-0.2, -0.15) is 0 Å². The van der Waals surface area contributed by atoms with Crippen LogP contribution < -0.4 is 4.72 Å². The Morgan fingerprint density at radius 2 is 2.03 bits per heavy atom. The molecule has 0 unspecified atom stereocenters. The average Bonchev–Trinajstić information content (AvgIpc) is 3.28. The van der Waals surface area contributed by atoms with E-state index >= 15 is 0 Å². The molecule has 2 N–H and O–H groups in total. The molecule has 0 spiro atoms. The van der Waals surface area contributed by atoms with Crippen molar-refractivity contribution in [2.24, 2.45) is 0 Å². The zero-order valence-electron chi connectivity index (χ0n) is 17.2. The lowest BCUT2D eigenvalue weighted by molar-refractivity contribution is -0.0891. The summed E-state index contributed by atoms with van der Waals surface area (Å²) < 4.78 is 35.7. The van der Waals surface area contributed by atoms with Crippen LogP contribution in [0.1, 0.15) is 19.3 Å². The van der Waals surface area contributed by atoms with Crippen molar-refractivity contribution in [3.8, 4) is 11.3 Å². The molecule has 0 aliphatic carbocycles. The maximum atomic E-state index is 12.7. The van der Waals surface area contributed by atoms with E-state index < -0.39 is 22.2 Å². The first-order valence-electron chi connectivity index (χ1n) is 10.3. The summed E-state index contributed by atoms with van der Waals surface area (Å²) in [6.07, 6.45) is 6.43. The van der Waals surface area contributed by atoms with Gasteiger partial charge in [-0.25, -0.2) is 13.1 Å². The molecule has 1 aliphatic heterocycles. The first kappa shape index (κ1) is 22.8. The molecule has 0 bridgehead atoms. The van der Waals surface area contributed by atoms with E-state index in [1.54, 1.807) is 17.1 Å². The monoisotopic (exact) mass is 477 g/mol. The standard InChI is InChI=1S/C21H24ClN5O4S/c22-16-3-6-18(7-4-16)32(29,30)25-19-8-5-17(31-21(19)14-28)9-11-27-13-20(24-26-27)15-2-1-10-23-12-15/h1-4,6-7,10,12-13,17,19,21,25,28H,5,8-9,11,14H2/t17-,19+,21-/m0/s1. The van der Waals surface area contributed by atoms with Crippen LogP contribution in [0.5, 0.6) is 0 Å². The molecule has 32 heavy (non-hydrogen) atoms. The molecule has 1 aromatic carbocycles. The van der Waals surface area contributed by atoms with E-state index in [9.17, 15) is 13.5 Å². The van der Waals surface area contributed by atoms with Gasteiger partial charge >= 0.3 is 0 Å². The second-order valence-electron chi connectivity index (χ2n) is 7.64. The molecule has 0 saturated carbocycles. The molecule has 1 saturated heterocycles. The van der Waals surface area contributed by atoms with Crippen LogP contribution in [0.2, 0.25) is 5.02 Å². The minimum absolute atomic E-state index is 0.116. The van der Waals surface area contributed by atoms with Gasteiger partial charge in [0.2, 0.25) is 10.0 Å². The molecule has 0 radical (unpaired) electrons. The molecule has 4 rings (SSSR count). The molecule has 11 heteroatoms. The lowest BCUT2D eigenvalue weighted by Gasteiger charge is -2.36. The lowest BCUT2D eigenvalue weighted by atomic mass is 9.98. The average molecular weight is 478 g/mol. The van der Waals surface area contributed by atoms with Gasteiger partial charge in [-0.15, -0.1) is 5.10 Å². The van der Waals surface area contributed by atoms with Crippen LogP contribution in [-0.2, 0) is 21.3 Å². The maximum Gasteiger partial charge on any atom is 0.240 e. The summed E-state index contributed by atoms with van der Waals surface area (Å²) in [6, 6.07) is 9.19. The summed E-state index contributed by atoms with van der Waals surface area (Å²) in [6.45, 7) is 0.316. The van der Waals surface area contributed by atoms with Crippen molar-refractivity contribution in [3.63, 3.8) is 0 Å². The molecule has 2 aromatic heterocycles. The van der Waals surface area contributed by atoms with Crippen molar-refractivity contribution in [2.75, 3.05) is 6.61 Å². The van der Waals surface area contributed by atoms with Crippen LogP contribution in [-0.4, -0.2) is 58.4 Å². The number of sulfonamides is 1. The van der Waals surface area contributed by atoms with E-state index in [1.165, 1.54) is 24.3 Å². The van der Waals surface area contributed by atoms with E-state index in [2.05, 4.69) is 20.0 Å². The maximum absolute atomic E-state index is 12.7. The normalized spacial score (nSPS) is 21.5. The van der Waals surface area contributed by atoms with Gasteiger partial charge in [0, 0.05) is 29.5 Å². The van der Waals surface area contributed by atoms with Crippen molar-refractivity contribution in [1.82, 2.24) is 24.7 Å². The Hall–Kier alpha value is -2.37. The van der Waals surface area contributed by atoms with Gasteiger partial charge in [0.1, 0.15) is 5.69 Å². The topological polar surface area (TPSA) is 119 Å². The third kappa shape index (κ3) is 5.51. The van der Waals surface area contributed by atoms with Gasteiger partial charge in [-0.3, -0.25) is 9.67 Å². The van der Waals surface area contributed by atoms with E-state index in [0.717, 1.165) is 11.3 Å². The van der Waals surface area contributed by atoms with Crippen molar-refractivity contribution < 1.29 is 18.3 Å². The summed E-state index contributed by atoms with van der Waals surface area (Å²) in [4.78, 5) is 4.21. The molecule has 3 heterocycles. The summed E-state index contributed by atoms with van der Waals surface area (Å²) in [5, 5.41) is 18.6. The summed E-state index contributed by atoms with van der Waals surface area (Å²) in [5.74, 6) is 0. The van der Waals surface area contributed by atoms with Crippen molar-refractivity contribution in [3.05, 3.63) is 60.0 Å². The third-order valence-electron chi connectivity index (χ3n) is 5.40. The number of nitrogens with zero attached hydrogens (tertiary/aromatic N) is 4. The van der Waals surface area contributed by atoms with E-state index in [0.29, 0.717) is 30.8 Å². The number of pyridine rings is 1. The minimum Gasteiger partial charge on any atom is -0.394 e. The number of rotatable bonds is 8. The molecule has 1 aliphatic rings. The van der Waals surface area contributed by atoms with E-state index in [-0.39, 0.29) is 17.6 Å². The molecule has 3 aromatic rings. The number of aliphatic hydroxyl groups is 1. The van der Waals surface area contributed by atoms with Crippen molar-refractivity contribution in [2.45, 2.75) is 49.0 Å². The SMILES string of the molecule is O=S(=O)(N[C@@H]1CC[C@@H](CCn2cc(-c3cccnc3)nn2)O[C@H]1CO)c1ccc(Cl)cc1. The molecule has 9 nitrogen and oxygen atoms in total. The first-order valence-corrected chi connectivity index (χ1v) is 12.2. The fourth-order valence-corrected chi connectivity index (χ4v) is 5.12. The molecule has 0 amide bonds. The lowest BCUT2D eigenvalue weighted by Crippen LogP contribution is -2.50. The van der Waals surface area contributed by atoms with Crippen LogP contribution in [0.25, 0.3) is 11.3 Å². The summed E-state index contributed by atoms with van der Waals surface area (Å²) in [7, 11) is -3.74. The summed E-state index contributed by atoms with van der Waals surface area (Å²) >= 11 is 5.84. The Balaban J connectivity index is 1.33. The first-order chi connectivity index (χ1) is 15.4. The number of hydrogen-bond acceptors (Lipinski definition) is 7. The highest BCUT2D eigenvalue weighted by molar-refractivity contribution is 7.89. The number of hydrogen-bond donors (Lipinski definition) is 2. The minimum atomic E-state index is -3.74.